The molecule has 1 aromatic carbocycles. The molecule has 54 heavy (non-hydrogen) atoms. The molecule has 2 bridgehead atoms. The van der Waals surface area contributed by atoms with E-state index >= 15 is 0 Å². The lowest BCUT2D eigenvalue weighted by atomic mass is 9.50. The van der Waals surface area contributed by atoms with Crippen LogP contribution in [0.2, 0.25) is 0 Å². The van der Waals surface area contributed by atoms with E-state index in [2.05, 4.69) is 25.8 Å². The summed E-state index contributed by atoms with van der Waals surface area (Å²) in [6.07, 6.45) is 3.97. The molecule has 6 rings (SSSR count). The van der Waals surface area contributed by atoms with E-state index in [1.807, 2.05) is 19.2 Å². The first kappa shape index (κ1) is 38.6. The number of benzene rings is 1. The monoisotopic (exact) mass is 755 g/mol. The minimum Gasteiger partial charge on any atom is -0.564 e. The second-order valence-corrected chi connectivity index (χ2v) is 14.7. The third kappa shape index (κ3) is 7.23. The molecule has 6 atom stereocenters. The van der Waals surface area contributed by atoms with Crippen LogP contribution in [-0.4, -0.2) is 132 Å². The van der Waals surface area contributed by atoms with Crippen molar-refractivity contribution in [1.29, 1.82) is 0 Å². The molecule has 0 radical (unpaired) electrons. The van der Waals surface area contributed by atoms with Gasteiger partial charge in [-0.05, 0) is 76.2 Å². The molecule has 0 aromatic heterocycles. The molecule has 18 nitrogen and oxygen atoms in total. The topological polar surface area (TPSA) is 263 Å². The van der Waals surface area contributed by atoms with E-state index in [4.69, 9.17) is 30.8 Å². The summed E-state index contributed by atoms with van der Waals surface area (Å²) < 4.78 is 18.5. The van der Waals surface area contributed by atoms with E-state index in [0.29, 0.717) is 49.5 Å². The van der Waals surface area contributed by atoms with E-state index in [0.717, 1.165) is 30.5 Å². The number of nitrogens with two attached hydrogens (primary N) is 2. The standard InChI is InChI=1S/C36H50N8O10/c1-43-15-12-35-29-20-8-9-23(52-2)30(29)54-31(35)24(10-11-36(35,51)25(43)16-20)53-34(50)44-14-4-3-6-21(44)18-41-32(49)22(7-5-13-39-33(37)38)42-27(46)19-40-26(45)17-28(47)48/h8-10,21-22,25,31,51H,3-7,11-19H2,1-2H3,(H,40,45)(H,41,49)(H,42,46)(H,47,48)(H4,37,38,39)/p+1/t21?,22-,25+,31-,35-,36+/m0/s1. The van der Waals surface area contributed by atoms with Crippen molar-refractivity contribution in [2.75, 3.05) is 46.9 Å². The summed E-state index contributed by atoms with van der Waals surface area (Å²) in [5.41, 5.74) is 10.9. The fraction of sp³-hybridized carbons (Fsp3) is 0.611. The second kappa shape index (κ2) is 15.7. The Hall–Kier alpha value is -5.10. The summed E-state index contributed by atoms with van der Waals surface area (Å²) in [4.78, 5) is 70.5. The maximum absolute atomic E-state index is 14.0. The molecular weight excluding hydrogens is 704 g/mol. The van der Waals surface area contributed by atoms with Crippen molar-refractivity contribution in [1.82, 2.24) is 25.8 Å². The number of likely N-dealkylation sites (N-methyl/N-ethyl adjacent to an activating group) is 1. The number of piperidine rings is 2. The zero-order valence-corrected chi connectivity index (χ0v) is 30.7. The number of aliphatic imine (C=N–C) groups is 1. The number of carbonyl (C=O) groups is 5. The number of nitrogens with one attached hydrogen (secondary N) is 3. The number of hydrogen-bond acceptors (Lipinski definition) is 11. The number of methoxy groups -OCH3 is 1. The lowest BCUT2D eigenvalue weighted by Crippen LogP contribution is -2.74. The molecule has 18 heteroatoms. The molecule has 294 valence electrons. The molecule has 5 aliphatic rings. The molecule has 1 aromatic rings. The number of guanidine groups is 1. The number of carbonyl (C=O) groups excluding carboxylic acids is 5. The number of rotatable bonds is 14. The minimum atomic E-state index is -1.15. The summed E-state index contributed by atoms with van der Waals surface area (Å²) in [5, 5.41) is 27.1. The van der Waals surface area contributed by atoms with Gasteiger partial charge in [0.1, 0.15) is 11.8 Å². The van der Waals surface area contributed by atoms with Crippen molar-refractivity contribution >= 4 is 35.7 Å². The van der Waals surface area contributed by atoms with Crippen LogP contribution in [0.15, 0.2) is 29.0 Å². The van der Waals surface area contributed by atoms with Gasteiger partial charge in [0, 0.05) is 42.5 Å². The second-order valence-electron chi connectivity index (χ2n) is 14.7. The van der Waals surface area contributed by atoms with E-state index in [1.165, 1.54) is 0 Å². The number of aliphatic hydroxyl groups is 1. The van der Waals surface area contributed by atoms with Crippen LogP contribution in [0, 0.1) is 0 Å². The Morgan fingerprint density at radius 3 is 2.69 bits per heavy atom. The molecule has 3 heterocycles. The molecule has 0 saturated carbocycles. The highest BCUT2D eigenvalue weighted by atomic mass is 16.6. The van der Waals surface area contributed by atoms with Crippen molar-refractivity contribution in [3.8, 4) is 11.5 Å². The Balaban J connectivity index is 1.14. The van der Waals surface area contributed by atoms with Gasteiger partial charge in [-0.1, -0.05) is 6.07 Å². The molecule has 2 saturated heterocycles. The highest BCUT2D eigenvalue weighted by Gasteiger charge is 2.72. The van der Waals surface area contributed by atoms with Crippen LogP contribution in [0.3, 0.4) is 0 Å². The number of nitrogens with zero attached hydrogens (tertiary/aromatic N) is 3. The predicted molar refractivity (Wildman–Crippen MR) is 193 cm³/mol. The number of hydrogen-bond donors (Lipinski definition) is 6. The first-order chi connectivity index (χ1) is 25.8. The van der Waals surface area contributed by atoms with Gasteiger partial charge in [0.2, 0.25) is 17.7 Å². The van der Waals surface area contributed by atoms with Crippen LogP contribution >= 0.6 is 0 Å². The zero-order chi connectivity index (χ0) is 38.8. The van der Waals surface area contributed by atoms with Gasteiger partial charge in [0.15, 0.2) is 30.0 Å². The highest BCUT2D eigenvalue weighted by Crippen LogP contribution is 2.65. The smallest absolute Gasteiger partial charge is 0.525 e. The normalized spacial score (nSPS) is 26.9. The van der Waals surface area contributed by atoms with Gasteiger partial charge in [-0.25, -0.2) is 4.79 Å². The minimum absolute atomic E-state index is 0.0826. The van der Waals surface area contributed by atoms with Crippen molar-refractivity contribution in [2.24, 2.45) is 16.5 Å². The van der Waals surface area contributed by atoms with Crippen molar-refractivity contribution in [3.05, 3.63) is 35.1 Å². The molecule has 10 N–H and O–H groups in total. The molecule has 1 spiro atoms. The van der Waals surface area contributed by atoms with Gasteiger partial charge in [-0.15, -0.1) is 0 Å². The Morgan fingerprint density at radius 1 is 1.15 bits per heavy atom. The molecule has 4 amide bonds. The predicted octanol–water partition coefficient (Wildman–Crippen LogP) is -1.62. The quantitative estimate of drug-likeness (QED) is 0.0412. The number of ether oxygens (including phenoxy) is 3. The highest BCUT2D eigenvalue weighted by molar-refractivity contribution is 5.95. The van der Waals surface area contributed by atoms with Crippen LogP contribution in [0.4, 0.5) is 4.79 Å². The largest absolute Gasteiger partial charge is 0.564 e. The zero-order valence-electron chi connectivity index (χ0n) is 30.7. The van der Waals surface area contributed by atoms with Gasteiger partial charge in [-0.3, -0.25) is 19.4 Å². The van der Waals surface area contributed by atoms with Gasteiger partial charge < -0.3 is 61.6 Å². The Labute approximate surface area is 312 Å². The third-order valence-electron chi connectivity index (χ3n) is 11.5. The molecule has 2 aliphatic carbocycles. The van der Waals surface area contributed by atoms with E-state index < -0.39 is 72.0 Å². The van der Waals surface area contributed by atoms with E-state index in [1.54, 1.807) is 18.1 Å². The van der Waals surface area contributed by atoms with Crippen LogP contribution < -0.4 is 36.9 Å². The van der Waals surface area contributed by atoms with Crippen LogP contribution in [0.25, 0.3) is 0 Å². The van der Waals surface area contributed by atoms with Gasteiger partial charge in [-0.2, -0.15) is 0 Å². The summed E-state index contributed by atoms with van der Waals surface area (Å²) >= 11 is 0. The van der Waals surface area contributed by atoms with Gasteiger partial charge >= 0.3 is 12.1 Å². The van der Waals surface area contributed by atoms with Crippen LogP contribution in [0.5, 0.6) is 11.5 Å². The Bertz CT molecular complexity index is 1730. The summed E-state index contributed by atoms with van der Waals surface area (Å²) in [6.45, 7) is 0.927. The maximum atomic E-state index is 14.0. The first-order valence-corrected chi connectivity index (χ1v) is 18.4. The lowest BCUT2D eigenvalue weighted by Gasteiger charge is -2.61. The van der Waals surface area contributed by atoms with Crippen molar-refractivity contribution < 1.29 is 48.4 Å². The molecular formula is C36H51N8O10+. The fourth-order valence-corrected chi connectivity index (χ4v) is 8.95. The van der Waals surface area contributed by atoms with Gasteiger partial charge in [0.05, 0.1) is 30.7 Å². The average Bonchev–Trinajstić information content (AvgIpc) is 3.49. The summed E-state index contributed by atoms with van der Waals surface area (Å²) in [7, 11) is 3.61. The van der Waals surface area contributed by atoms with E-state index in [-0.39, 0.29) is 37.9 Å². The van der Waals surface area contributed by atoms with E-state index in [9.17, 15) is 29.1 Å². The fourth-order valence-electron chi connectivity index (χ4n) is 8.95. The van der Waals surface area contributed by atoms with Crippen LogP contribution in [-0.2, 0) is 35.8 Å². The maximum Gasteiger partial charge on any atom is 0.525 e. The molecule has 1 unspecified atom stereocenters. The van der Waals surface area contributed by atoms with Crippen molar-refractivity contribution in [3.63, 3.8) is 0 Å². The SMILES string of the molecule is COc1ccc2c3c1O[C@H]1C(OC(=O)N4CCCCC4CNC(=O)[C@H](CCCN=C(N)N)NC(=O)CNC(=O)CC(=O)[OH2+])=CC[C@@]4(O)[C@@H](C2)N(C)CC[C@]314. The summed E-state index contributed by atoms with van der Waals surface area (Å²) in [5.74, 6) is -1.69. The lowest BCUT2D eigenvalue weighted by molar-refractivity contribution is -0.163. The first-order valence-electron chi connectivity index (χ1n) is 18.4. The number of amides is 4. The summed E-state index contributed by atoms with van der Waals surface area (Å²) in [6, 6.07) is 2.34. The molecule has 3 aliphatic heterocycles. The van der Waals surface area contributed by atoms with Gasteiger partial charge in [0.25, 0.3) is 0 Å². The molecule has 2 fully saturated rings. The Kier molecular flexibility index (Phi) is 11.2. The van der Waals surface area contributed by atoms with Crippen molar-refractivity contribution in [2.45, 2.75) is 93.0 Å². The number of likely N-dealkylation sites (tertiary alicyclic amines) is 2. The average molecular weight is 756 g/mol. The third-order valence-corrected chi connectivity index (χ3v) is 11.5. The van der Waals surface area contributed by atoms with Crippen LogP contribution in [0.1, 0.15) is 62.5 Å². The Morgan fingerprint density at radius 2 is 1.94 bits per heavy atom.